The first-order valence-corrected chi connectivity index (χ1v) is 8.47. The van der Waals surface area contributed by atoms with Crippen molar-refractivity contribution in [2.24, 2.45) is 11.3 Å². The largest absolute Gasteiger partial charge is 0.481 e. The lowest BCUT2D eigenvalue weighted by Gasteiger charge is -2.27. The minimum absolute atomic E-state index is 0.0229. The van der Waals surface area contributed by atoms with Gasteiger partial charge in [0.15, 0.2) is 0 Å². The van der Waals surface area contributed by atoms with Crippen LogP contribution in [0.15, 0.2) is 0 Å². The SMILES string of the molecule is CC(C)(C)CCS(=O)(=O)NC1CCCC(C(=O)O)C1. The first-order chi connectivity index (χ1) is 8.59. The van der Waals surface area contributed by atoms with E-state index >= 15 is 0 Å². The molecule has 0 aromatic carbocycles. The molecule has 1 rings (SSSR count). The Morgan fingerprint density at radius 1 is 1.32 bits per heavy atom. The molecule has 0 bridgehead atoms. The predicted molar refractivity (Wildman–Crippen MR) is 74.4 cm³/mol. The van der Waals surface area contributed by atoms with E-state index in [2.05, 4.69) is 4.72 Å². The lowest BCUT2D eigenvalue weighted by Crippen LogP contribution is -2.41. The zero-order valence-electron chi connectivity index (χ0n) is 12.0. The van der Waals surface area contributed by atoms with E-state index < -0.39 is 21.9 Å². The average molecular weight is 291 g/mol. The number of nitrogens with one attached hydrogen (secondary N) is 1. The van der Waals surface area contributed by atoms with Gasteiger partial charge < -0.3 is 5.11 Å². The molecule has 1 aliphatic rings. The van der Waals surface area contributed by atoms with E-state index in [1.54, 1.807) is 0 Å². The number of sulfonamides is 1. The minimum Gasteiger partial charge on any atom is -0.481 e. The van der Waals surface area contributed by atoms with Crippen molar-refractivity contribution in [2.75, 3.05) is 5.75 Å². The van der Waals surface area contributed by atoms with E-state index in [0.29, 0.717) is 19.3 Å². The molecule has 2 atom stereocenters. The normalized spacial score (nSPS) is 25.2. The maximum Gasteiger partial charge on any atom is 0.306 e. The predicted octanol–water partition coefficient (Wildman–Crippen LogP) is 1.99. The van der Waals surface area contributed by atoms with Gasteiger partial charge in [0.05, 0.1) is 11.7 Å². The molecule has 0 aliphatic heterocycles. The number of carbonyl (C=O) groups is 1. The molecule has 112 valence electrons. The van der Waals surface area contributed by atoms with Gasteiger partial charge in [0.25, 0.3) is 0 Å². The Bertz CT molecular complexity index is 411. The molecule has 0 heterocycles. The van der Waals surface area contributed by atoms with Crippen molar-refractivity contribution in [2.45, 2.75) is 58.9 Å². The number of hydrogen-bond donors (Lipinski definition) is 2. The van der Waals surface area contributed by atoms with E-state index in [1.807, 2.05) is 20.8 Å². The highest BCUT2D eigenvalue weighted by atomic mass is 32.2. The Morgan fingerprint density at radius 2 is 1.95 bits per heavy atom. The summed E-state index contributed by atoms with van der Waals surface area (Å²) in [5, 5.41) is 8.99. The van der Waals surface area contributed by atoms with Crippen LogP contribution in [0, 0.1) is 11.3 Å². The lowest BCUT2D eigenvalue weighted by molar-refractivity contribution is -0.143. The van der Waals surface area contributed by atoms with Crippen molar-refractivity contribution in [1.82, 2.24) is 4.72 Å². The fourth-order valence-electron chi connectivity index (χ4n) is 2.27. The van der Waals surface area contributed by atoms with Crippen LogP contribution in [0.1, 0.15) is 52.9 Å². The first-order valence-electron chi connectivity index (χ1n) is 6.82. The summed E-state index contributed by atoms with van der Waals surface area (Å²) in [6.07, 6.45) is 3.15. The first kappa shape index (κ1) is 16.4. The van der Waals surface area contributed by atoms with E-state index in [-0.39, 0.29) is 17.2 Å². The fourth-order valence-corrected chi connectivity index (χ4v) is 4.00. The maximum absolute atomic E-state index is 12.0. The molecule has 0 amide bonds. The Morgan fingerprint density at radius 3 is 2.47 bits per heavy atom. The van der Waals surface area contributed by atoms with E-state index in [1.165, 1.54) is 0 Å². The molecule has 6 heteroatoms. The molecular weight excluding hydrogens is 266 g/mol. The van der Waals surface area contributed by atoms with E-state index in [9.17, 15) is 13.2 Å². The topological polar surface area (TPSA) is 83.5 Å². The summed E-state index contributed by atoms with van der Waals surface area (Å²) < 4.78 is 26.6. The average Bonchev–Trinajstić information content (AvgIpc) is 2.25. The fraction of sp³-hybridized carbons (Fsp3) is 0.923. The third-order valence-electron chi connectivity index (χ3n) is 3.49. The van der Waals surface area contributed by atoms with Crippen LogP contribution >= 0.6 is 0 Å². The van der Waals surface area contributed by atoms with Crippen molar-refractivity contribution < 1.29 is 18.3 Å². The van der Waals surface area contributed by atoms with Crippen LogP contribution in [0.5, 0.6) is 0 Å². The van der Waals surface area contributed by atoms with Crippen LogP contribution in [-0.2, 0) is 14.8 Å². The van der Waals surface area contributed by atoms with E-state index in [0.717, 1.165) is 12.8 Å². The third kappa shape index (κ3) is 6.38. The second-order valence-electron chi connectivity index (χ2n) is 6.65. The van der Waals surface area contributed by atoms with Gasteiger partial charge >= 0.3 is 5.97 Å². The van der Waals surface area contributed by atoms with Crippen molar-refractivity contribution in [1.29, 1.82) is 0 Å². The Kier molecular flexibility index (Phi) is 5.38. The molecule has 0 radical (unpaired) electrons. The van der Waals surface area contributed by atoms with Crippen LogP contribution in [0.2, 0.25) is 0 Å². The standard InChI is InChI=1S/C13H25NO4S/c1-13(2,3)7-8-19(17,18)14-11-6-4-5-10(9-11)12(15)16/h10-11,14H,4-9H2,1-3H3,(H,15,16). The summed E-state index contributed by atoms with van der Waals surface area (Å²) in [7, 11) is -3.31. The number of carboxylic acids is 1. The maximum atomic E-state index is 12.0. The van der Waals surface area contributed by atoms with Gasteiger partial charge in [-0.1, -0.05) is 27.2 Å². The molecule has 0 aromatic heterocycles. The van der Waals surface area contributed by atoms with Crippen molar-refractivity contribution >= 4 is 16.0 Å². The van der Waals surface area contributed by atoms with Gasteiger partial charge in [-0.25, -0.2) is 13.1 Å². The second-order valence-corrected chi connectivity index (χ2v) is 8.52. The monoisotopic (exact) mass is 291 g/mol. The number of carboxylic acid groups (broad SMARTS) is 1. The Hall–Kier alpha value is -0.620. The molecule has 5 nitrogen and oxygen atoms in total. The van der Waals surface area contributed by atoms with Crippen molar-refractivity contribution in [3.63, 3.8) is 0 Å². The van der Waals surface area contributed by atoms with E-state index in [4.69, 9.17) is 5.11 Å². The third-order valence-corrected chi connectivity index (χ3v) is 4.92. The molecule has 0 saturated heterocycles. The summed E-state index contributed by atoms with van der Waals surface area (Å²) >= 11 is 0. The summed E-state index contributed by atoms with van der Waals surface area (Å²) in [4.78, 5) is 10.9. The zero-order valence-corrected chi connectivity index (χ0v) is 12.8. The number of hydrogen-bond acceptors (Lipinski definition) is 3. The highest BCUT2D eigenvalue weighted by molar-refractivity contribution is 7.89. The molecule has 19 heavy (non-hydrogen) atoms. The van der Waals surface area contributed by atoms with Crippen LogP contribution < -0.4 is 4.72 Å². The molecule has 0 aromatic rings. The highest BCUT2D eigenvalue weighted by Crippen LogP contribution is 2.25. The van der Waals surface area contributed by atoms with Gasteiger partial charge in [-0.05, 0) is 31.1 Å². The summed E-state index contributed by atoms with van der Waals surface area (Å²) in [5.74, 6) is -1.13. The molecule has 0 spiro atoms. The molecule has 2 unspecified atom stereocenters. The van der Waals surface area contributed by atoms with Crippen LogP contribution in [-0.4, -0.2) is 31.3 Å². The summed E-state index contributed by atoms with van der Waals surface area (Å²) in [6.45, 7) is 6.01. The summed E-state index contributed by atoms with van der Waals surface area (Å²) in [6, 6.07) is -0.222. The van der Waals surface area contributed by atoms with Crippen LogP contribution in [0.3, 0.4) is 0 Å². The van der Waals surface area contributed by atoms with Gasteiger partial charge in [0, 0.05) is 6.04 Å². The van der Waals surface area contributed by atoms with Gasteiger partial charge in [0.2, 0.25) is 10.0 Å². The quantitative estimate of drug-likeness (QED) is 0.811. The van der Waals surface area contributed by atoms with Gasteiger partial charge in [-0.3, -0.25) is 4.79 Å². The smallest absolute Gasteiger partial charge is 0.306 e. The van der Waals surface area contributed by atoms with Gasteiger partial charge in [-0.15, -0.1) is 0 Å². The minimum atomic E-state index is -3.31. The van der Waals surface area contributed by atoms with Gasteiger partial charge in [-0.2, -0.15) is 0 Å². The summed E-state index contributed by atoms with van der Waals surface area (Å²) in [5.41, 5.74) is -0.0229. The number of aliphatic carboxylic acids is 1. The zero-order chi connectivity index (χ0) is 14.7. The molecule has 1 aliphatic carbocycles. The number of rotatable bonds is 5. The highest BCUT2D eigenvalue weighted by Gasteiger charge is 2.29. The molecule has 2 N–H and O–H groups in total. The van der Waals surface area contributed by atoms with Crippen molar-refractivity contribution in [3.05, 3.63) is 0 Å². The van der Waals surface area contributed by atoms with Crippen LogP contribution in [0.4, 0.5) is 0 Å². The second kappa shape index (κ2) is 6.22. The van der Waals surface area contributed by atoms with Gasteiger partial charge in [0.1, 0.15) is 0 Å². The Balaban J connectivity index is 2.51. The lowest BCUT2D eigenvalue weighted by atomic mass is 9.86. The van der Waals surface area contributed by atoms with Crippen LogP contribution in [0.25, 0.3) is 0 Å². The molecule has 1 saturated carbocycles. The van der Waals surface area contributed by atoms with Crippen molar-refractivity contribution in [3.8, 4) is 0 Å². The molecular formula is C13H25NO4S. The molecule has 1 fully saturated rings. The Labute approximate surface area is 115 Å².